The van der Waals surface area contributed by atoms with Gasteiger partial charge in [0.15, 0.2) is 0 Å². The van der Waals surface area contributed by atoms with Crippen molar-refractivity contribution in [2.75, 3.05) is 0 Å². The van der Waals surface area contributed by atoms with E-state index in [0.717, 1.165) is 16.3 Å². The van der Waals surface area contributed by atoms with E-state index < -0.39 is 16.9 Å². The Kier molecular flexibility index (Phi) is 5.29. The molecule has 2 heterocycles. The largest absolute Gasteiger partial charge is 0.508 e. The van der Waals surface area contributed by atoms with Crippen molar-refractivity contribution in [3.63, 3.8) is 0 Å². The first-order valence-electron chi connectivity index (χ1n) is 10.9. The minimum Gasteiger partial charge on any atom is -0.508 e. The van der Waals surface area contributed by atoms with Gasteiger partial charge in [-0.1, -0.05) is 60.7 Å². The maximum absolute atomic E-state index is 13.6. The quantitative estimate of drug-likeness (QED) is 0.347. The number of carbonyl (C=O) groups excluding carboxylic acids is 1. The number of benzene rings is 3. The first kappa shape index (κ1) is 21.3. The van der Waals surface area contributed by atoms with Crippen LogP contribution in [-0.2, 0) is 6.54 Å². The van der Waals surface area contributed by atoms with Gasteiger partial charge >= 0.3 is 11.6 Å². The zero-order valence-electron chi connectivity index (χ0n) is 18.3. The molecule has 0 spiro atoms. The molecule has 34 heavy (non-hydrogen) atoms. The first-order valence-corrected chi connectivity index (χ1v) is 10.9. The van der Waals surface area contributed by atoms with Crippen LogP contribution in [0.25, 0.3) is 10.8 Å². The topological polar surface area (TPSA) is 114 Å². The number of nitrogens with zero attached hydrogens (tertiary/aromatic N) is 5. The fourth-order valence-corrected chi connectivity index (χ4v) is 4.32. The lowest BCUT2D eigenvalue weighted by Gasteiger charge is -2.21. The number of phenolic OH excluding ortho intramolecular Hbond substituents is 1. The fraction of sp³-hybridized carbons (Fsp3) is 0.160. The van der Waals surface area contributed by atoms with Crippen LogP contribution in [0.4, 0.5) is 5.69 Å². The predicted octanol–water partition coefficient (Wildman–Crippen LogP) is 4.66. The molecule has 9 heteroatoms. The minimum atomic E-state index is -0.692. The molecule has 9 nitrogen and oxygen atoms in total. The molecule has 1 amide bonds. The third-order valence-corrected chi connectivity index (χ3v) is 5.98. The molecular weight excluding hydrogens is 434 g/mol. The number of hydrogen-bond acceptors (Lipinski definition) is 6. The number of aryl methyl sites for hydroxylation is 1. The molecule has 0 saturated heterocycles. The van der Waals surface area contributed by atoms with Crippen molar-refractivity contribution in [3.8, 4) is 5.75 Å². The van der Waals surface area contributed by atoms with Crippen LogP contribution in [0.5, 0.6) is 5.75 Å². The molecule has 0 aliphatic carbocycles. The highest BCUT2D eigenvalue weighted by Crippen LogP contribution is 2.39. The Morgan fingerprint density at radius 3 is 2.62 bits per heavy atom. The van der Waals surface area contributed by atoms with Gasteiger partial charge in [-0.3, -0.25) is 19.6 Å². The standard InChI is InChI=1S/C25H21N5O4/c1-2-28-15-22(30(33)34)24(27-28)25(32)29-21(19-11-5-6-13-23(19)31)14-20(26-29)18-12-7-9-16-8-3-4-10-17(16)18/h3-13,15,21,31H,2,14H2,1H3/t21-/m0/s1. The second-order valence-corrected chi connectivity index (χ2v) is 7.98. The van der Waals surface area contributed by atoms with Gasteiger partial charge in [0.05, 0.1) is 16.7 Å². The van der Waals surface area contributed by atoms with Crippen molar-refractivity contribution in [1.82, 2.24) is 14.8 Å². The Hall–Kier alpha value is -4.53. The van der Waals surface area contributed by atoms with E-state index in [0.29, 0.717) is 24.2 Å². The van der Waals surface area contributed by atoms with Crippen molar-refractivity contribution in [2.45, 2.75) is 25.9 Å². The van der Waals surface area contributed by atoms with Crippen LogP contribution in [0.3, 0.4) is 0 Å². The molecule has 1 aliphatic heterocycles. The monoisotopic (exact) mass is 455 g/mol. The van der Waals surface area contributed by atoms with Crippen LogP contribution in [0.1, 0.15) is 41.0 Å². The number of para-hydroxylation sites is 1. The van der Waals surface area contributed by atoms with E-state index >= 15 is 0 Å². The van der Waals surface area contributed by atoms with Crippen molar-refractivity contribution < 1.29 is 14.8 Å². The number of amides is 1. The zero-order chi connectivity index (χ0) is 23.8. The van der Waals surface area contributed by atoms with E-state index in [2.05, 4.69) is 10.2 Å². The van der Waals surface area contributed by atoms with Crippen molar-refractivity contribution in [2.24, 2.45) is 5.10 Å². The van der Waals surface area contributed by atoms with Gasteiger partial charge in [0, 0.05) is 24.1 Å². The summed E-state index contributed by atoms with van der Waals surface area (Å²) in [7, 11) is 0. The molecular formula is C25H21N5O4. The lowest BCUT2D eigenvalue weighted by molar-refractivity contribution is -0.385. The van der Waals surface area contributed by atoms with Gasteiger partial charge in [0.25, 0.3) is 0 Å². The van der Waals surface area contributed by atoms with Gasteiger partial charge in [-0.2, -0.15) is 10.2 Å². The van der Waals surface area contributed by atoms with Crippen molar-refractivity contribution >= 4 is 28.1 Å². The normalized spacial score (nSPS) is 15.5. The highest BCUT2D eigenvalue weighted by Gasteiger charge is 2.39. The van der Waals surface area contributed by atoms with Crippen LogP contribution in [0.15, 0.2) is 78.0 Å². The van der Waals surface area contributed by atoms with Crippen LogP contribution in [0, 0.1) is 10.1 Å². The first-order chi connectivity index (χ1) is 16.5. The summed E-state index contributed by atoms with van der Waals surface area (Å²) in [5.41, 5.74) is 1.36. The zero-order valence-corrected chi connectivity index (χ0v) is 18.3. The summed E-state index contributed by atoms with van der Waals surface area (Å²) in [6, 6.07) is 19.8. The molecule has 1 aliphatic rings. The molecule has 0 radical (unpaired) electrons. The van der Waals surface area contributed by atoms with Crippen LogP contribution < -0.4 is 0 Å². The van der Waals surface area contributed by atoms with Gasteiger partial charge in [-0.25, -0.2) is 5.01 Å². The number of aromatic hydroxyl groups is 1. The number of hydrogen-bond donors (Lipinski definition) is 1. The highest BCUT2D eigenvalue weighted by atomic mass is 16.6. The summed E-state index contributed by atoms with van der Waals surface area (Å²) in [5, 5.41) is 34.2. The maximum atomic E-state index is 13.6. The van der Waals surface area contributed by atoms with Crippen molar-refractivity contribution in [1.29, 1.82) is 0 Å². The van der Waals surface area contributed by atoms with Crippen LogP contribution in [-0.4, -0.2) is 36.4 Å². The number of carbonyl (C=O) groups is 1. The molecule has 170 valence electrons. The highest BCUT2D eigenvalue weighted by molar-refractivity contribution is 6.13. The predicted molar refractivity (Wildman–Crippen MR) is 127 cm³/mol. The van der Waals surface area contributed by atoms with Gasteiger partial charge in [0.2, 0.25) is 5.69 Å². The second kappa shape index (κ2) is 8.43. The molecule has 4 aromatic rings. The van der Waals surface area contributed by atoms with Crippen molar-refractivity contribution in [3.05, 3.63) is 99.9 Å². The molecule has 0 fully saturated rings. The summed E-state index contributed by atoms with van der Waals surface area (Å²) in [6.45, 7) is 2.16. The lowest BCUT2D eigenvalue weighted by atomic mass is 9.94. The Morgan fingerprint density at radius 2 is 1.85 bits per heavy atom. The summed E-state index contributed by atoms with van der Waals surface area (Å²) in [5.74, 6) is -0.671. The maximum Gasteiger partial charge on any atom is 0.320 e. The molecule has 0 bridgehead atoms. The third kappa shape index (κ3) is 3.57. The van der Waals surface area contributed by atoms with Gasteiger partial charge in [0.1, 0.15) is 11.9 Å². The number of phenols is 1. The van der Waals surface area contributed by atoms with E-state index in [1.165, 1.54) is 15.9 Å². The Bertz CT molecular complexity index is 1450. The minimum absolute atomic E-state index is 0.0215. The molecule has 0 saturated carbocycles. The summed E-state index contributed by atoms with van der Waals surface area (Å²) >= 11 is 0. The molecule has 1 aromatic heterocycles. The number of aromatic nitrogens is 2. The number of fused-ring (bicyclic) bond motifs is 1. The average molecular weight is 455 g/mol. The SMILES string of the molecule is CCn1cc([N+](=O)[O-])c(C(=O)N2N=C(c3cccc4ccccc34)C[C@H]2c2ccccc2O)n1. The van der Waals surface area contributed by atoms with E-state index in [1.807, 2.05) is 42.5 Å². The van der Waals surface area contributed by atoms with E-state index in [4.69, 9.17) is 0 Å². The van der Waals surface area contributed by atoms with Gasteiger partial charge in [-0.15, -0.1) is 0 Å². The third-order valence-electron chi connectivity index (χ3n) is 5.98. The molecule has 0 unspecified atom stereocenters. The van der Waals surface area contributed by atoms with E-state index in [1.54, 1.807) is 31.2 Å². The van der Waals surface area contributed by atoms with E-state index in [9.17, 15) is 20.0 Å². The molecule has 1 N–H and O–H groups in total. The summed E-state index contributed by atoms with van der Waals surface area (Å²) < 4.78 is 1.35. The second-order valence-electron chi connectivity index (χ2n) is 7.98. The van der Waals surface area contributed by atoms with Gasteiger partial charge < -0.3 is 5.11 Å². The summed E-state index contributed by atoms with van der Waals surface area (Å²) in [4.78, 5) is 24.6. The molecule has 5 rings (SSSR count). The molecule has 3 aromatic carbocycles. The lowest BCUT2D eigenvalue weighted by Crippen LogP contribution is -2.28. The Morgan fingerprint density at radius 1 is 1.12 bits per heavy atom. The van der Waals surface area contributed by atoms with Gasteiger partial charge in [-0.05, 0) is 23.8 Å². The molecule has 1 atom stereocenters. The Balaban J connectivity index is 1.65. The fourth-order valence-electron chi connectivity index (χ4n) is 4.32. The summed E-state index contributed by atoms with van der Waals surface area (Å²) in [6.07, 6.45) is 1.58. The number of nitro groups is 1. The van der Waals surface area contributed by atoms with Crippen LogP contribution in [0.2, 0.25) is 0 Å². The van der Waals surface area contributed by atoms with E-state index in [-0.39, 0.29) is 17.1 Å². The van der Waals surface area contributed by atoms with Crippen LogP contribution >= 0.6 is 0 Å². The number of rotatable bonds is 5. The Labute approximate surface area is 194 Å². The number of hydrazone groups is 1. The average Bonchev–Trinajstić information content (AvgIpc) is 3.49. The smallest absolute Gasteiger partial charge is 0.320 e.